The minimum atomic E-state index is -0.801. The molecule has 24 heavy (non-hydrogen) atoms. The second-order valence-corrected chi connectivity index (χ2v) is 6.94. The van der Waals surface area contributed by atoms with Gasteiger partial charge in [0, 0.05) is 26.3 Å². The van der Waals surface area contributed by atoms with Crippen molar-refractivity contribution < 1.29 is 19.4 Å². The van der Waals surface area contributed by atoms with Gasteiger partial charge in [0.25, 0.3) is 0 Å². The lowest BCUT2D eigenvalue weighted by atomic mass is 9.71. The Bertz CT molecular complexity index is 622. The van der Waals surface area contributed by atoms with E-state index < -0.39 is 17.3 Å². The van der Waals surface area contributed by atoms with E-state index in [4.69, 9.17) is 4.74 Å². The van der Waals surface area contributed by atoms with Crippen molar-refractivity contribution in [2.45, 2.75) is 38.0 Å². The van der Waals surface area contributed by atoms with E-state index in [0.29, 0.717) is 45.6 Å². The molecular weight excluding hydrogens is 306 g/mol. The first-order valence-electron chi connectivity index (χ1n) is 8.70. The van der Waals surface area contributed by atoms with Gasteiger partial charge in [-0.3, -0.25) is 9.59 Å². The van der Waals surface area contributed by atoms with Crippen molar-refractivity contribution in [1.29, 1.82) is 0 Å². The highest BCUT2D eigenvalue weighted by atomic mass is 16.5. The van der Waals surface area contributed by atoms with E-state index in [-0.39, 0.29) is 5.91 Å². The van der Waals surface area contributed by atoms with Gasteiger partial charge in [-0.1, -0.05) is 24.3 Å². The second-order valence-electron chi connectivity index (χ2n) is 6.94. The first-order chi connectivity index (χ1) is 11.5. The highest BCUT2D eigenvalue weighted by molar-refractivity contribution is 5.89. The third-order valence-corrected chi connectivity index (χ3v) is 5.47. The molecule has 1 aromatic rings. The zero-order valence-corrected chi connectivity index (χ0v) is 14.2. The largest absolute Gasteiger partial charge is 0.481 e. The van der Waals surface area contributed by atoms with Gasteiger partial charge < -0.3 is 14.7 Å². The molecule has 5 heteroatoms. The number of likely N-dealkylation sites (tertiary alicyclic amines) is 1. The van der Waals surface area contributed by atoms with Crippen LogP contribution in [0.5, 0.6) is 0 Å². The van der Waals surface area contributed by atoms with Gasteiger partial charge in [0.05, 0.1) is 11.3 Å². The molecule has 130 valence electrons. The normalized spacial score (nSPS) is 23.7. The molecule has 2 aliphatic rings. The number of piperidine rings is 1. The van der Waals surface area contributed by atoms with E-state index in [1.807, 2.05) is 31.2 Å². The van der Waals surface area contributed by atoms with Crippen molar-refractivity contribution in [3.05, 3.63) is 35.4 Å². The molecule has 2 saturated heterocycles. The third kappa shape index (κ3) is 3.05. The lowest BCUT2D eigenvalue weighted by molar-refractivity contribution is -0.149. The number of hydrogen-bond acceptors (Lipinski definition) is 3. The average molecular weight is 331 g/mol. The van der Waals surface area contributed by atoms with Gasteiger partial charge in [-0.15, -0.1) is 0 Å². The number of carbonyl (C=O) groups is 2. The number of carbonyl (C=O) groups excluding carboxylic acids is 1. The Labute approximate surface area is 142 Å². The quantitative estimate of drug-likeness (QED) is 0.923. The molecule has 2 aliphatic heterocycles. The third-order valence-electron chi connectivity index (χ3n) is 5.47. The molecule has 0 spiro atoms. The van der Waals surface area contributed by atoms with Gasteiger partial charge in [0.2, 0.25) is 5.91 Å². The van der Waals surface area contributed by atoms with E-state index in [1.165, 1.54) is 0 Å². The van der Waals surface area contributed by atoms with Gasteiger partial charge in [0.15, 0.2) is 0 Å². The highest BCUT2D eigenvalue weighted by Gasteiger charge is 2.45. The number of nitrogens with zero attached hydrogens (tertiary/aromatic N) is 1. The summed E-state index contributed by atoms with van der Waals surface area (Å²) >= 11 is 0. The number of aryl methyl sites for hydroxylation is 1. The molecule has 1 atom stereocenters. The standard InChI is InChI=1S/C19H25NO4/c1-14-5-2-3-7-16(14)19(8-11-24-12-9-19)18(23)20-10-4-6-15(13-20)17(21)22/h2-3,5,7,15H,4,6,8-13H2,1H3,(H,21,22)/t15-/m0/s1. The SMILES string of the molecule is Cc1ccccc1C1(C(=O)N2CCC[C@H](C(=O)O)C2)CCOCC1. The van der Waals surface area contributed by atoms with E-state index >= 15 is 0 Å². The van der Waals surface area contributed by atoms with Crippen molar-refractivity contribution in [2.75, 3.05) is 26.3 Å². The Morgan fingerprint density at radius 1 is 1.25 bits per heavy atom. The van der Waals surface area contributed by atoms with Gasteiger partial charge in [-0.2, -0.15) is 0 Å². The summed E-state index contributed by atoms with van der Waals surface area (Å²) in [6.45, 7) is 4.14. The smallest absolute Gasteiger partial charge is 0.308 e. The molecule has 2 fully saturated rings. The predicted molar refractivity (Wildman–Crippen MR) is 89.8 cm³/mol. The van der Waals surface area contributed by atoms with Crippen LogP contribution >= 0.6 is 0 Å². The number of hydrogen-bond donors (Lipinski definition) is 1. The van der Waals surface area contributed by atoms with Crippen LogP contribution in [-0.4, -0.2) is 48.2 Å². The molecule has 0 radical (unpaired) electrons. The molecule has 0 aliphatic carbocycles. The monoisotopic (exact) mass is 331 g/mol. The molecule has 0 bridgehead atoms. The number of aliphatic carboxylic acids is 1. The molecule has 0 aromatic heterocycles. The summed E-state index contributed by atoms with van der Waals surface area (Å²) in [6.07, 6.45) is 2.72. The number of ether oxygens (including phenoxy) is 1. The van der Waals surface area contributed by atoms with E-state index in [0.717, 1.165) is 17.5 Å². The first kappa shape index (κ1) is 17.0. The van der Waals surface area contributed by atoms with Crippen molar-refractivity contribution in [2.24, 2.45) is 5.92 Å². The minimum Gasteiger partial charge on any atom is -0.481 e. The molecular formula is C19H25NO4. The molecule has 1 aromatic carbocycles. The fraction of sp³-hybridized carbons (Fsp3) is 0.579. The van der Waals surface area contributed by atoms with Gasteiger partial charge in [-0.05, 0) is 43.7 Å². The summed E-state index contributed by atoms with van der Waals surface area (Å²) in [5.41, 5.74) is 1.60. The second kappa shape index (κ2) is 6.93. The van der Waals surface area contributed by atoms with Crippen LogP contribution in [0.1, 0.15) is 36.8 Å². The van der Waals surface area contributed by atoms with Crippen molar-refractivity contribution in [3.63, 3.8) is 0 Å². The van der Waals surface area contributed by atoms with Crippen LogP contribution in [-0.2, 0) is 19.7 Å². The Morgan fingerprint density at radius 3 is 2.62 bits per heavy atom. The number of amides is 1. The van der Waals surface area contributed by atoms with Crippen LogP contribution in [0.4, 0.5) is 0 Å². The predicted octanol–water partition coefficient (Wildman–Crippen LogP) is 2.37. The summed E-state index contributed by atoms with van der Waals surface area (Å²) in [6, 6.07) is 8.04. The number of carboxylic acid groups (broad SMARTS) is 1. The van der Waals surface area contributed by atoms with Crippen molar-refractivity contribution in [3.8, 4) is 0 Å². The first-order valence-corrected chi connectivity index (χ1v) is 8.70. The molecule has 1 N–H and O–H groups in total. The van der Waals surface area contributed by atoms with Crippen LogP contribution in [0.15, 0.2) is 24.3 Å². The Morgan fingerprint density at radius 2 is 1.96 bits per heavy atom. The average Bonchev–Trinajstić information content (AvgIpc) is 2.62. The van der Waals surface area contributed by atoms with Crippen LogP contribution in [0.25, 0.3) is 0 Å². The van der Waals surface area contributed by atoms with Gasteiger partial charge >= 0.3 is 5.97 Å². The van der Waals surface area contributed by atoms with Crippen LogP contribution in [0.2, 0.25) is 0 Å². The van der Waals surface area contributed by atoms with Gasteiger partial charge in [-0.25, -0.2) is 0 Å². The summed E-state index contributed by atoms with van der Waals surface area (Å²) in [7, 11) is 0. The van der Waals surface area contributed by atoms with Crippen LogP contribution < -0.4 is 0 Å². The molecule has 3 rings (SSSR count). The Balaban J connectivity index is 1.93. The van der Waals surface area contributed by atoms with E-state index in [9.17, 15) is 14.7 Å². The Hall–Kier alpha value is -1.88. The minimum absolute atomic E-state index is 0.0750. The fourth-order valence-electron chi connectivity index (χ4n) is 4.09. The summed E-state index contributed by atoms with van der Waals surface area (Å²) in [4.78, 5) is 26.6. The fourth-order valence-corrected chi connectivity index (χ4v) is 4.09. The molecule has 0 saturated carbocycles. The Kier molecular flexibility index (Phi) is 4.90. The van der Waals surface area contributed by atoms with Crippen molar-refractivity contribution in [1.82, 2.24) is 4.90 Å². The number of carboxylic acids is 1. The summed E-state index contributed by atoms with van der Waals surface area (Å²) in [5, 5.41) is 9.32. The van der Waals surface area contributed by atoms with E-state index in [1.54, 1.807) is 4.90 Å². The van der Waals surface area contributed by atoms with Crippen LogP contribution in [0, 0.1) is 12.8 Å². The maximum atomic E-state index is 13.5. The number of benzene rings is 1. The lowest BCUT2D eigenvalue weighted by Gasteiger charge is -2.42. The molecule has 5 nitrogen and oxygen atoms in total. The number of rotatable bonds is 3. The van der Waals surface area contributed by atoms with Gasteiger partial charge in [0.1, 0.15) is 0 Å². The maximum Gasteiger partial charge on any atom is 0.308 e. The molecule has 2 heterocycles. The summed E-state index contributed by atoms with van der Waals surface area (Å²) in [5.74, 6) is -1.17. The lowest BCUT2D eigenvalue weighted by Crippen LogP contribution is -2.53. The molecule has 0 unspecified atom stereocenters. The topological polar surface area (TPSA) is 66.8 Å². The zero-order chi connectivity index (χ0) is 17.2. The molecule has 1 amide bonds. The van der Waals surface area contributed by atoms with Crippen molar-refractivity contribution >= 4 is 11.9 Å². The zero-order valence-electron chi connectivity index (χ0n) is 14.2. The van der Waals surface area contributed by atoms with Crippen LogP contribution in [0.3, 0.4) is 0 Å². The summed E-state index contributed by atoms with van der Waals surface area (Å²) < 4.78 is 5.52. The highest BCUT2D eigenvalue weighted by Crippen LogP contribution is 2.39. The maximum absolute atomic E-state index is 13.5. The van der Waals surface area contributed by atoms with E-state index in [2.05, 4.69) is 0 Å².